The van der Waals surface area contributed by atoms with Crippen molar-refractivity contribution in [2.75, 3.05) is 6.61 Å². The van der Waals surface area contributed by atoms with Crippen molar-refractivity contribution in [3.8, 4) is 0 Å². The van der Waals surface area contributed by atoms with Gasteiger partial charge in [-0.3, -0.25) is 9.59 Å². The lowest BCUT2D eigenvalue weighted by atomic mass is 9.86. The summed E-state index contributed by atoms with van der Waals surface area (Å²) in [5, 5.41) is 9.58. The topological polar surface area (TPSA) is 63.6 Å². The molecule has 126 valence electrons. The number of Topliss-reactive ketones (excluding diaryl/α,β-unsaturated/α-hetero) is 1. The molecule has 0 aliphatic heterocycles. The van der Waals surface area contributed by atoms with E-state index in [0.717, 1.165) is 0 Å². The number of hydrogen-bond donors (Lipinski definition) is 1. The molecule has 22 heavy (non-hydrogen) atoms. The molecule has 1 N–H and O–H groups in total. The van der Waals surface area contributed by atoms with E-state index in [2.05, 4.69) is 0 Å². The maximum Gasteiger partial charge on any atom is 0.302 e. The van der Waals surface area contributed by atoms with Gasteiger partial charge in [-0.2, -0.15) is 0 Å². The van der Waals surface area contributed by atoms with Gasteiger partial charge in [-0.15, -0.1) is 0 Å². The number of ketones is 1. The van der Waals surface area contributed by atoms with Crippen LogP contribution in [0.3, 0.4) is 0 Å². The lowest BCUT2D eigenvalue weighted by molar-refractivity contribution is -0.146. The number of carbonyl (C=O) groups excluding carboxylic acids is 2. The molecule has 0 amide bonds. The number of rotatable bonds is 9. The van der Waals surface area contributed by atoms with Crippen molar-refractivity contribution in [2.45, 2.75) is 60.5 Å². The highest BCUT2D eigenvalue weighted by Gasteiger charge is 2.27. The van der Waals surface area contributed by atoms with Crippen molar-refractivity contribution < 1.29 is 19.4 Å². The Balaban J connectivity index is 4.24. The van der Waals surface area contributed by atoms with Crippen LogP contribution in [0, 0.1) is 10.8 Å². The predicted octanol–water partition coefficient (Wildman–Crippen LogP) is 3.44. The second-order valence-corrected chi connectivity index (χ2v) is 6.91. The second kappa shape index (κ2) is 8.89. The molecule has 0 bridgehead atoms. The van der Waals surface area contributed by atoms with Crippen LogP contribution in [0.25, 0.3) is 0 Å². The fraction of sp³-hybridized carbons (Fsp3) is 0.667. The largest absolute Gasteiger partial charge is 0.465 e. The summed E-state index contributed by atoms with van der Waals surface area (Å²) in [6.45, 7) is 10.7. The molecule has 0 heterocycles. The van der Waals surface area contributed by atoms with Gasteiger partial charge in [0.15, 0.2) is 0 Å². The Labute approximate surface area is 134 Å². The van der Waals surface area contributed by atoms with Crippen LogP contribution in [0.2, 0.25) is 0 Å². The van der Waals surface area contributed by atoms with E-state index in [1.165, 1.54) is 6.92 Å². The first-order valence-electron chi connectivity index (χ1n) is 7.68. The smallest absolute Gasteiger partial charge is 0.302 e. The molecular weight excluding hydrogens is 280 g/mol. The van der Waals surface area contributed by atoms with Gasteiger partial charge in [0.2, 0.25) is 0 Å². The van der Waals surface area contributed by atoms with E-state index in [9.17, 15) is 14.7 Å². The number of esters is 1. The zero-order valence-electron chi connectivity index (χ0n) is 14.7. The minimum Gasteiger partial charge on any atom is -0.465 e. The SMILES string of the molecule is CC(=O)OCC(C)(C)C(=O)CC/C=C/C=C/C(C)(C)[C@H](C)O. The van der Waals surface area contributed by atoms with Crippen molar-refractivity contribution >= 4 is 11.8 Å². The molecule has 0 saturated heterocycles. The fourth-order valence-corrected chi connectivity index (χ4v) is 1.53. The lowest BCUT2D eigenvalue weighted by Gasteiger charge is -2.23. The molecule has 0 aromatic carbocycles. The van der Waals surface area contributed by atoms with Gasteiger partial charge >= 0.3 is 5.97 Å². The summed E-state index contributed by atoms with van der Waals surface area (Å²) in [6, 6.07) is 0. The zero-order chi connectivity index (χ0) is 17.4. The summed E-state index contributed by atoms with van der Waals surface area (Å²) in [4.78, 5) is 22.9. The molecule has 0 rings (SSSR count). The Morgan fingerprint density at radius 1 is 1.18 bits per heavy atom. The molecular formula is C18H30O4. The Morgan fingerprint density at radius 2 is 1.77 bits per heavy atom. The summed E-state index contributed by atoms with van der Waals surface area (Å²) in [5.74, 6) is -0.293. The van der Waals surface area contributed by atoms with Crippen molar-refractivity contribution in [2.24, 2.45) is 10.8 Å². The summed E-state index contributed by atoms with van der Waals surface area (Å²) in [7, 11) is 0. The molecule has 0 unspecified atom stereocenters. The number of ether oxygens (including phenoxy) is 1. The van der Waals surface area contributed by atoms with E-state index >= 15 is 0 Å². The lowest BCUT2D eigenvalue weighted by Crippen LogP contribution is -2.30. The van der Waals surface area contributed by atoms with Crippen molar-refractivity contribution in [3.05, 3.63) is 24.3 Å². The maximum atomic E-state index is 12.1. The summed E-state index contributed by atoms with van der Waals surface area (Å²) >= 11 is 0. The van der Waals surface area contributed by atoms with Gasteiger partial charge in [-0.05, 0) is 27.2 Å². The zero-order valence-corrected chi connectivity index (χ0v) is 14.7. The summed E-state index contributed by atoms with van der Waals surface area (Å²) in [5.41, 5.74) is -0.921. The van der Waals surface area contributed by atoms with E-state index in [0.29, 0.717) is 12.8 Å². The van der Waals surface area contributed by atoms with Crippen LogP contribution in [-0.2, 0) is 14.3 Å². The molecule has 1 atom stereocenters. The maximum absolute atomic E-state index is 12.1. The normalized spacial score (nSPS) is 14.5. The monoisotopic (exact) mass is 310 g/mol. The van der Waals surface area contributed by atoms with E-state index in [4.69, 9.17) is 4.74 Å². The molecule has 0 fully saturated rings. The molecule has 0 saturated carbocycles. The highest BCUT2D eigenvalue weighted by molar-refractivity contribution is 5.84. The Morgan fingerprint density at radius 3 is 2.27 bits per heavy atom. The Bertz CT molecular complexity index is 428. The van der Waals surface area contributed by atoms with E-state index in [1.807, 2.05) is 38.2 Å². The van der Waals surface area contributed by atoms with E-state index < -0.39 is 11.5 Å². The number of carbonyl (C=O) groups is 2. The second-order valence-electron chi connectivity index (χ2n) is 6.91. The van der Waals surface area contributed by atoms with E-state index in [-0.39, 0.29) is 23.8 Å². The van der Waals surface area contributed by atoms with Gasteiger partial charge in [0.05, 0.1) is 11.5 Å². The van der Waals surface area contributed by atoms with E-state index in [1.54, 1.807) is 20.8 Å². The van der Waals surface area contributed by atoms with Crippen LogP contribution < -0.4 is 0 Å². The minimum absolute atomic E-state index is 0.0756. The molecule has 4 heteroatoms. The third-order valence-electron chi connectivity index (χ3n) is 3.78. The summed E-state index contributed by atoms with van der Waals surface area (Å²) in [6.07, 6.45) is 8.29. The average Bonchev–Trinajstić information content (AvgIpc) is 2.39. The molecule has 0 aliphatic carbocycles. The molecule has 0 aromatic heterocycles. The third kappa shape index (κ3) is 8.13. The average molecular weight is 310 g/mol. The fourth-order valence-electron chi connectivity index (χ4n) is 1.53. The van der Waals surface area contributed by atoms with Gasteiger partial charge < -0.3 is 9.84 Å². The number of aliphatic hydroxyl groups is 1. The molecule has 0 aromatic rings. The van der Waals surface area contributed by atoms with Crippen LogP contribution in [-0.4, -0.2) is 29.6 Å². The van der Waals surface area contributed by atoms with Crippen LogP contribution in [0.4, 0.5) is 0 Å². The van der Waals surface area contributed by atoms with Gasteiger partial charge in [-0.1, -0.05) is 38.2 Å². The van der Waals surface area contributed by atoms with Crippen LogP contribution in [0.5, 0.6) is 0 Å². The van der Waals surface area contributed by atoms with Gasteiger partial charge in [0.25, 0.3) is 0 Å². The molecule has 4 nitrogen and oxygen atoms in total. The van der Waals surface area contributed by atoms with Crippen molar-refractivity contribution in [3.63, 3.8) is 0 Å². The van der Waals surface area contributed by atoms with Crippen LogP contribution in [0.15, 0.2) is 24.3 Å². The minimum atomic E-state index is -0.649. The Hall–Kier alpha value is -1.42. The standard InChI is InChI=1S/C18H30O4/c1-14(19)17(3,4)12-10-8-7-9-11-16(21)18(5,6)13-22-15(2)20/h7-8,10,12,14,19H,9,11,13H2,1-6H3/b8-7+,12-10+/t14-/m0/s1. The highest BCUT2D eigenvalue weighted by Crippen LogP contribution is 2.22. The number of hydrogen-bond acceptors (Lipinski definition) is 4. The third-order valence-corrected chi connectivity index (χ3v) is 3.78. The predicted molar refractivity (Wildman–Crippen MR) is 88.4 cm³/mol. The first-order chi connectivity index (χ1) is 9.99. The van der Waals surface area contributed by atoms with Gasteiger partial charge in [-0.25, -0.2) is 0 Å². The first-order valence-corrected chi connectivity index (χ1v) is 7.68. The Kier molecular flexibility index (Phi) is 8.31. The van der Waals surface area contributed by atoms with Crippen molar-refractivity contribution in [1.29, 1.82) is 0 Å². The van der Waals surface area contributed by atoms with Crippen molar-refractivity contribution in [1.82, 2.24) is 0 Å². The van der Waals surface area contributed by atoms with Gasteiger partial charge in [0, 0.05) is 18.8 Å². The van der Waals surface area contributed by atoms with Crippen LogP contribution in [0.1, 0.15) is 54.4 Å². The molecule has 0 spiro atoms. The summed E-state index contributed by atoms with van der Waals surface area (Å²) < 4.78 is 4.92. The molecule has 0 aliphatic rings. The molecule has 0 radical (unpaired) electrons. The first kappa shape index (κ1) is 20.6. The van der Waals surface area contributed by atoms with Gasteiger partial charge in [0.1, 0.15) is 12.4 Å². The van der Waals surface area contributed by atoms with Crippen LogP contribution >= 0.6 is 0 Å². The highest BCUT2D eigenvalue weighted by atomic mass is 16.5. The number of aliphatic hydroxyl groups excluding tert-OH is 1. The quantitative estimate of drug-likeness (QED) is 0.523. The number of allylic oxidation sites excluding steroid dienone is 3.